The van der Waals surface area contributed by atoms with E-state index in [0.717, 1.165) is 11.3 Å². The van der Waals surface area contributed by atoms with Crippen molar-refractivity contribution in [3.05, 3.63) is 95.6 Å². The second-order valence-corrected chi connectivity index (χ2v) is 8.51. The normalized spacial score (nSPS) is 11.0. The van der Waals surface area contributed by atoms with Gasteiger partial charge in [0, 0.05) is 18.7 Å². The lowest BCUT2D eigenvalue weighted by atomic mass is 10.1. The molecule has 0 fully saturated rings. The third-order valence-electron chi connectivity index (χ3n) is 5.72. The molecule has 0 atom stereocenters. The van der Waals surface area contributed by atoms with Crippen LogP contribution in [0.15, 0.2) is 72.9 Å². The average Bonchev–Trinajstić information content (AvgIpc) is 3.43. The maximum atomic E-state index is 13.7. The van der Waals surface area contributed by atoms with E-state index in [-0.39, 0.29) is 17.9 Å². The lowest BCUT2D eigenvalue weighted by Gasteiger charge is -2.10. The topological polar surface area (TPSA) is 104 Å². The van der Waals surface area contributed by atoms with Crippen LogP contribution in [0.25, 0.3) is 22.3 Å². The van der Waals surface area contributed by atoms with E-state index < -0.39 is 18.5 Å². The minimum atomic E-state index is -0.689. The van der Waals surface area contributed by atoms with Crippen LogP contribution in [0.4, 0.5) is 10.2 Å². The summed E-state index contributed by atoms with van der Waals surface area (Å²) in [6.07, 6.45) is 1.52. The molecule has 0 aliphatic rings. The minimum absolute atomic E-state index is 0.221. The molecule has 1 amide bonds. The van der Waals surface area contributed by atoms with Gasteiger partial charge in [-0.1, -0.05) is 42.5 Å². The smallest absolute Gasteiger partial charge is 0.339 e. The van der Waals surface area contributed by atoms with Gasteiger partial charge in [-0.15, -0.1) is 0 Å². The van der Waals surface area contributed by atoms with Crippen LogP contribution in [0.5, 0.6) is 0 Å². The van der Waals surface area contributed by atoms with Crippen LogP contribution < -0.4 is 5.32 Å². The summed E-state index contributed by atoms with van der Waals surface area (Å²) in [5.41, 5.74) is 3.43. The summed E-state index contributed by atoms with van der Waals surface area (Å²) in [6, 6.07) is 18.9. The van der Waals surface area contributed by atoms with E-state index in [4.69, 9.17) is 9.72 Å². The monoisotopic (exact) mass is 498 g/mol. The molecular weight excluding hydrogens is 475 g/mol. The van der Waals surface area contributed by atoms with Crippen molar-refractivity contribution in [2.75, 3.05) is 11.9 Å². The Hall–Kier alpha value is -4.86. The SMILES string of the molecule is Cc1cc(NC(=O)COC(=O)c2cc(-c3ccccc3)nc3c2cnn3Cc2cccc(F)c2)n(C)n1. The first-order valence-electron chi connectivity index (χ1n) is 11.5. The molecule has 2 aromatic carbocycles. The summed E-state index contributed by atoms with van der Waals surface area (Å²) in [5, 5.41) is 11.7. The van der Waals surface area contributed by atoms with Gasteiger partial charge in [-0.2, -0.15) is 10.2 Å². The Morgan fingerprint density at radius 3 is 2.59 bits per heavy atom. The first-order valence-corrected chi connectivity index (χ1v) is 11.5. The zero-order chi connectivity index (χ0) is 25.9. The van der Waals surface area contributed by atoms with Gasteiger partial charge in [0.1, 0.15) is 11.6 Å². The van der Waals surface area contributed by atoms with Crippen molar-refractivity contribution in [1.82, 2.24) is 24.5 Å². The quantitative estimate of drug-likeness (QED) is 0.339. The number of halogens is 1. The van der Waals surface area contributed by atoms with E-state index in [0.29, 0.717) is 28.1 Å². The number of hydrogen-bond acceptors (Lipinski definition) is 6. The van der Waals surface area contributed by atoms with Crippen LogP contribution >= 0.6 is 0 Å². The number of benzene rings is 2. The summed E-state index contributed by atoms with van der Waals surface area (Å²) in [5.74, 6) is -1.04. The summed E-state index contributed by atoms with van der Waals surface area (Å²) in [6.45, 7) is 1.58. The Labute approximate surface area is 211 Å². The number of aryl methyl sites for hydroxylation is 2. The van der Waals surface area contributed by atoms with Crippen molar-refractivity contribution in [2.45, 2.75) is 13.5 Å². The molecule has 186 valence electrons. The summed E-state index contributed by atoms with van der Waals surface area (Å²) >= 11 is 0. The fraction of sp³-hybridized carbons (Fsp3) is 0.148. The van der Waals surface area contributed by atoms with Crippen LogP contribution in [0.2, 0.25) is 0 Å². The lowest BCUT2D eigenvalue weighted by molar-refractivity contribution is -0.119. The van der Waals surface area contributed by atoms with Gasteiger partial charge in [0.15, 0.2) is 12.3 Å². The molecule has 1 N–H and O–H groups in total. The number of aromatic nitrogens is 5. The Kier molecular flexibility index (Phi) is 6.46. The van der Waals surface area contributed by atoms with Crippen LogP contribution in [0.3, 0.4) is 0 Å². The van der Waals surface area contributed by atoms with Gasteiger partial charge >= 0.3 is 5.97 Å². The number of carbonyl (C=O) groups excluding carboxylic acids is 2. The van der Waals surface area contributed by atoms with Gasteiger partial charge in [-0.25, -0.2) is 18.9 Å². The first-order chi connectivity index (χ1) is 17.9. The minimum Gasteiger partial charge on any atom is -0.452 e. The number of amides is 1. The second-order valence-electron chi connectivity index (χ2n) is 8.51. The van der Waals surface area contributed by atoms with Crippen LogP contribution in [-0.4, -0.2) is 43.0 Å². The standard InChI is InChI=1S/C27H23FN6O3/c1-17-11-24(33(2)32-17)31-25(35)16-37-27(36)21-13-23(19-8-4-3-5-9-19)30-26-22(21)14-29-34(26)15-18-7-6-10-20(28)12-18/h3-14H,15-16H2,1-2H3,(H,31,35). The highest BCUT2D eigenvalue weighted by Gasteiger charge is 2.20. The summed E-state index contributed by atoms with van der Waals surface area (Å²) < 4.78 is 22.2. The molecule has 37 heavy (non-hydrogen) atoms. The fourth-order valence-electron chi connectivity index (χ4n) is 4.01. The molecule has 5 aromatic rings. The number of esters is 1. The number of fused-ring (bicyclic) bond motifs is 1. The highest BCUT2D eigenvalue weighted by atomic mass is 19.1. The Morgan fingerprint density at radius 2 is 1.86 bits per heavy atom. The van der Waals surface area contributed by atoms with Gasteiger partial charge in [-0.3, -0.25) is 9.48 Å². The molecule has 0 saturated carbocycles. The van der Waals surface area contributed by atoms with E-state index in [1.54, 1.807) is 36.0 Å². The van der Waals surface area contributed by atoms with E-state index >= 15 is 0 Å². The number of hydrogen-bond donors (Lipinski definition) is 1. The second kappa shape index (κ2) is 10.0. The molecule has 0 aliphatic heterocycles. The van der Waals surface area contributed by atoms with Crippen molar-refractivity contribution in [1.29, 1.82) is 0 Å². The number of rotatable bonds is 7. The van der Waals surface area contributed by atoms with E-state index in [1.165, 1.54) is 23.0 Å². The molecule has 5 rings (SSSR count). The molecule has 3 aromatic heterocycles. The zero-order valence-corrected chi connectivity index (χ0v) is 20.2. The highest BCUT2D eigenvalue weighted by Crippen LogP contribution is 2.26. The van der Waals surface area contributed by atoms with Gasteiger partial charge in [0.05, 0.1) is 35.1 Å². The predicted molar refractivity (Wildman–Crippen MR) is 135 cm³/mol. The zero-order valence-electron chi connectivity index (χ0n) is 20.2. The Morgan fingerprint density at radius 1 is 1.05 bits per heavy atom. The van der Waals surface area contributed by atoms with E-state index in [1.807, 2.05) is 37.3 Å². The molecule has 0 aliphatic carbocycles. The third-order valence-corrected chi connectivity index (χ3v) is 5.72. The molecule has 0 radical (unpaired) electrons. The van der Waals surface area contributed by atoms with Crippen molar-refractivity contribution in [3.8, 4) is 11.3 Å². The van der Waals surface area contributed by atoms with Crippen LogP contribution in [0, 0.1) is 12.7 Å². The molecule has 0 unspecified atom stereocenters. The average molecular weight is 499 g/mol. The number of nitrogens with one attached hydrogen (secondary N) is 1. The summed E-state index contributed by atoms with van der Waals surface area (Å²) in [7, 11) is 1.70. The van der Waals surface area contributed by atoms with E-state index in [9.17, 15) is 14.0 Å². The molecular formula is C27H23FN6O3. The predicted octanol–water partition coefficient (Wildman–Crippen LogP) is 4.12. The number of ether oxygens (including phenoxy) is 1. The lowest BCUT2D eigenvalue weighted by Crippen LogP contribution is -2.22. The summed E-state index contributed by atoms with van der Waals surface area (Å²) in [4.78, 5) is 30.3. The number of pyridine rings is 1. The van der Waals surface area contributed by atoms with Gasteiger partial charge in [-0.05, 0) is 30.7 Å². The fourth-order valence-corrected chi connectivity index (χ4v) is 4.01. The number of anilines is 1. The largest absolute Gasteiger partial charge is 0.452 e. The molecule has 0 spiro atoms. The Bertz CT molecular complexity index is 1610. The van der Waals surface area contributed by atoms with Gasteiger partial charge in [0.2, 0.25) is 0 Å². The number of carbonyl (C=O) groups is 2. The first kappa shape index (κ1) is 23.9. The molecule has 0 bridgehead atoms. The Balaban J connectivity index is 1.45. The van der Waals surface area contributed by atoms with Gasteiger partial charge < -0.3 is 10.1 Å². The van der Waals surface area contributed by atoms with Crippen molar-refractivity contribution in [2.24, 2.45) is 7.05 Å². The van der Waals surface area contributed by atoms with Crippen molar-refractivity contribution in [3.63, 3.8) is 0 Å². The molecule has 9 nitrogen and oxygen atoms in total. The maximum Gasteiger partial charge on any atom is 0.339 e. The van der Waals surface area contributed by atoms with Gasteiger partial charge in [0.25, 0.3) is 5.91 Å². The molecule has 10 heteroatoms. The van der Waals surface area contributed by atoms with Crippen molar-refractivity contribution < 1.29 is 18.7 Å². The van der Waals surface area contributed by atoms with Crippen LogP contribution in [-0.2, 0) is 23.1 Å². The van der Waals surface area contributed by atoms with Crippen LogP contribution in [0.1, 0.15) is 21.6 Å². The number of nitrogens with zero attached hydrogens (tertiary/aromatic N) is 5. The third kappa shape index (κ3) is 5.22. The van der Waals surface area contributed by atoms with Crippen molar-refractivity contribution >= 4 is 28.7 Å². The highest BCUT2D eigenvalue weighted by molar-refractivity contribution is 6.04. The molecule has 3 heterocycles. The molecule has 0 saturated heterocycles. The van der Waals surface area contributed by atoms with E-state index in [2.05, 4.69) is 15.5 Å². The maximum absolute atomic E-state index is 13.7.